The Labute approximate surface area is 191 Å². The van der Waals surface area contributed by atoms with Gasteiger partial charge in [-0.05, 0) is 47.3 Å². The molecule has 5 rings (SSSR count). The van der Waals surface area contributed by atoms with E-state index in [0.717, 1.165) is 21.3 Å². The summed E-state index contributed by atoms with van der Waals surface area (Å²) >= 11 is 1.43. The van der Waals surface area contributed by atoms with E-state index >= 15 is 0 Å². The third-order valence-electron chi connectivity index (χ3n) is 4.96. The molecule has 3 N–H and O–H groups in total. The Morgan fingerprint density at radius 1 is 1.03 bits per heavy atom. The maximum Gasteiger partial charge on any atom is 0.309 e. The first-order chi connectivity index (χ1) is 16.1. The number of hydrogen-bond donors (Lipinski definition) is 3. The van der Waals surface area contributed by atoms with Crippen molar-refractivity contribution in [1.29, 1.82) is 0 Å². The lowest BCUT2D eigenvalue weighted by Gasteiger charge is -2.05. The molecule has 0 saturated carbocycles. The fourth-order valence-electron chi connectivity index (χ4n) is 3.41. The number of nitrogens with zero attached hydrogens (tertiary/aromatic N) is 3. The molecule has 0 radical (unpaired) electrons. The highest BCUT2D eigenvalue weighted by molar-refractivity contribution is 7.13. The van der Waals surface area contributed by atoms with Crippen LogP contribution in [0.3, 0.4) is 0 Å². The number of thiophene rings is 1. The largest absolute Gasteiger partial charge is 0.361 e. The minimum absolute atomic E-state index is 0.0855. The lowest BCUT2D eigenvalue weighted by molar-refractivity contribution is -0.121. The first kappa shape index (κ1) is 20.6. The van der Waals surface area contributed by atoms with Crippen molar-refractivity contribution < 1.29 is 14.0 Å². The van der Waals surface area contributed by atoms with Crippen LogP contribution in [-0.4, -0.2) is 31.6 Å². The minimum atomic E-state index is -0.666. The summed E-state index contributed by atoms with van der Waals surface area (Å²) in [6.45, 7) is 0. The van der Waals surface area contributed by atoms with Gasteiger partial charge in [-0.3, -0.25) is 20.4 Å². The molecule has 0 bridgehead atoms. The third-order valence-corrected chi connectivity index (χ3v) is 5.83. The Kier molecular flexibility index (Phi) is 5.41. The number of carbonyl (C=O) groups is 2. The van der Waals surface area contributed by atoms with Crippen LogP contribution in [-0.2, 0) is 11.2 Å². The zero-order valence-electron chi connectivity index (χ0n) is 17.1. The molecule has 0 atom stereocenters. The molecule has 10 heteroatoms. The SMILES string of the molecule is O=C(Cc1c[nH]c2ccccc12)NNC(=O)c1nc(-c2cccs2)n(-c2ccc(F)cc2)n1. The van der Waals surface area contributed by atoms with Crippen molar-refractivity contribution >= 4 is 34.1 Å². The van der Waals surface area contributed by atoms with Crippen LogP contribution < -0.4 is 10.9 Å². The van der Waals surface area contributed by atoms with E-state index in [9.17, 15) is 14.0 Å². The van der Waals surface area contributed by atoms with E-state index in [-0.39, 0.29) is 24.0 Å². The number of nitrogens with one attached hydrogen (secondary N) is 3. The maximum atomic E-state index is 13.4. The molecule has 0 aliphatic carbocycles. The van der Waals surface area contributed by atoms with Crippen LogP contribution in [0.15, 0.2) is 72.2 Å². The average Bonchev–Trinajstić information content (AvgIpc) is 3.58. The number of amides is 2. The van der Waals surface area contributed by atoms with Gasteiger partial charge in [0.25, 0.3) is 0 Å². The molecule has 0 fully saturated rings. The maximum absolute atomic E-state index is 13.4. The fourth-order valence-corrected chi connectivity index (χ4v) is 4.11. The van der Waals surface area contributed by atoms with Gasteiger partial charge < -0.3 is 4.98 Å². The van der Waals surface area contributed by atoms with Gasteiger partial charge in [-0.15, -0.1) is 16.4 Å². The number of fused-ring (bicyclic) bond motifs is 1. The number of hydrogen-bond acceptors (Lipinski definition) is 5. The topological polar surface area (TPSA) is 105 Å². The molecule has 0 saturated heterocycles. The van der Waals surface area contributed by atoms with Gasteiger partial charge in [-0.1, -0.05) is 24.3 Å². The highest BCUT2D eigenvalue weighted by atomic mass is 32.1. The fraction of sp³-hybridized carbons (Fsp3) is 0.0435. The van der Waals surface area contributed by atoms with Gasteiger partial charge in [-0.25, -0.2) is 14.1 Å². The van der Waals surface area contributed by atoms with Crippen LogP contribution in [0.5, 0.6) is 0 Å². The zero-order valence-corrected chi connectivity index (χ0v) is 17.9. The summed E-state index contributed by atoms with van der Waals surface area (Å²) in [5.74, 6) is -1.13. The summed E-state index contributed by atoms with van der Waals surface area (Å²) in [6, 6.07) is 17.1. The second-order valence-corrected chi connectivity index (χ2v) is 8.11. The predicted octanol–water partition coefficient (Wildman–Crippen LogP) is 3.62. The number of halogens is 1. The molecular formula is C23H17FN6O2S. The van der Waals surface area contributed by atoms with Gasteiger partial charge in [0.2, 0.25) is 11.7 Å². The summed E-state index contributed by atoms with van der Waals surface area (Å²) in [5, 5.41) is 7.10. The van der Waals surface area contributed by atoms with E-state index < -0.39 is 5.91 Å². The van der Waals surface area contributed by atoms with Crippen LogP contribution >= 0.6 is 11.3 Å². The number of rotatable bonds is 5. The second-order valence-electron chi connectivity index (χ2n) is 7.16. The molecule has 0 unspecified atom stereocenters. The molecule has 8 nitrogen and oxygen atoms in total. The predicted molar refractivity (Wildman–Crippen MR) is 122 cm³/mol. The van der Waals surface area contributed by atoms with Gasteiger partial charge in [0.1, 0.15) is 5.82 Å². The minimum Gasteiger partial charge on any atom is -0.361 e. The summed E-state index contributed by atoms with van der Waals surface area (Å²) in [5.41, 5.74) is 7.07. The average molecular weight is 460 g/mol. The van der Waals surface area contributed by atoms with Crippen LogP contribution in [0.4, 0.5) is 4.39 Å². The summed E-state index contributed by atoms with van der Waals surface area (Å²) < 4.78 is 14.8. The lowest BCUT2D eigenvalue weighted by Crippen LogP contribution is -2.42. The molecule has 3 aromatic heterocycles. The number of para-hydroxylation sites is 1. The molecular weight excluding hydrogens is 443 g/mol. The number of aromatic amines is 1. The highest BCUT2D eigenvalue weighted by Gasteiger charge is 2.20. The lowest BCUT2D eigenvalue weighted by atomic mass is 10.1. The van der Waals surface area contributed by atoms with Gasteiger partial charge >= 0.3 is 5.91 Å². The van der Waals surface area contributed by atoms with Gasteiger partial charge in [0, 0.05) is 17.1 Å². The quantitative estimate of drug-likeness (QED) is 0.349. The molecule has 0 spiro atoms. The van der Waals surface area contributed by atoms with Gasteiger partial charge in [-0.2, -0.15) is 0 Å². The molecule has 0 aliphatic heterocycles. The summed E-state index contributed by atoms with van der Waals surface area (Å²) in [6.07, 6.45) is 1.85. The number of carbonyl (C=O) groups excluding carboxylic acids is 2. The number of H-pyrrole nitrogens is 1. The molecule has 33 heavy (non-hydrogen) atoms. The molecule has 164 valence electrons. The van der Waals surface area contributed by atoms with E-state index in [2.05, 4.69) is 25.9 Å². The Balaban J connectivity index is 1.32. The van der Waals surface area contributed by atoms with Crippen molar-refractivity contribution in [3.8, 4) is 16.4 Å². The molecule has 0 aliphatic rings. The first-order valence-corrected chi connectivity index (χ1v) is 10.9. The Morgan fingerprint density at radius 3 is 2.64 bits per heavy atom. The molecule has 3 heterocycles. The number of hydrazine groups is 1. The smallest absolute Gasteiger partial charge is 0.309 e. The standard InChI is InChI=1S/C23H17FN6O2S/c24-15-7-9-16(10-8-15)30-22(19-6-3-11-33-19)26-21(29-30)23(32)28-27-20(31)12-14-13-25-18-5-2-1-4-17(14)18/h1-11,13,25H,12H2,(H,27,31)(H,28,32). The zero-order chi connectivity index (χ0) is 22.8. The Bertz CT molecular complexity index is 1440. The third kappa shape index (κ3) is 4.23. The van der Waals surface area contributed by atoms with Crippen molar-refractivity contribution in [3.05, 3.63) is 89.4 Å². The summed E-state index contributed by atoms with van der Waals surface area (Å²) in [4.78, 5) is 33.3. The van der Waals surface area contributed by atoms with Crippen molar-refractivity contribution in [2.75, 3.05) is 0 Å². The van der Waals surface area contributed by atoms with E-state index in [0.29, 0.717) is 11.5 Å². The van der Waals surface area contributed by atoms with E-state index in [4.69, 9.17) is 0 Å². The van der Waals surface area contributed by atoms with Crippen molar-refractivity contribution in [2.45, 2.75) is 6.42 Å². The van der Waals surface area contributed by atoms with Gasteiger partial charge in [0.15, 0.2) is 5.82 Å². The first-order valence-electron chi connectivity index (χ1n) is 9.99. The molecule has 2 amide bonds. The Morgan fingerprint density at radius 2 is 1.85 bits per heavy atom. The highest BCUT2D eigenvalue weighted by Crippen LogP contribution is 2.25. The van der Waals surface area contributed by atoms with Crippen LogP contribution in [0.2, 0.25) is 0 Å². The van der Waals surface area contributed by atoms with Gasteiger partial charge in [0.05, 0.1) is 17.0 Å². The van der Waals surface area contributed by atoms with E-state index in [1.54, 1.807) is 18.3 Å². The molecule has 5 aromatic rings. The Hall–Kier alpha value is -4.31. The van der Waals surface area contributed by atoms with E-state index in [1.165, 1.54) is 28.2 Å². The number of benzene rings is 2. The van der Waals surface area contributed by atoms with Crippen molar-refractivity contribution in [1.82, 2.24) is 30.6 Å². The second kappa shape index (κ2) is 8.67. The van der Waals surface area contributed by atoms with Crippen molar-refractivity contribution in [2.24, 2.45) is 0 Å². The monoisotopic (exact) mass is 460 g/mol. The number of aromatic nitrogens is 4. The summed E-state index contributed by atoms with van der Waals surface area (Å²) in [7, 11) is 0. The molecule has 2 aromatic carbocycles. The van der Waals surface area contributed by atoms with Crippen molar-refractivity contribution in [3.63, 3.8) is 0 Å². The van der Waals surface area contributed by atoms with Crippen LogP contribution in [0.25, 0.3) is 27.3 Å². The van der Waals surface area contributed by atoms with Crippen LogP contribution in [0, 0.1) is 5.82 Å². The van der Waals surface area contributed by atoms with E-state index in [1.807, 2.05) is 41.8 Å². The van der Waals surface area contributed by atoms with Crippen LogP contribution in [0.1, 0.15) is 16.2 Å². The normalized spacial score (nSPS) is 10.9.